The maximum atomic E-state index is 11.8. The lowest BCUT2D eigenvalue weighted by Gasteiger charge is -2.23. The predicted octanol–water partition coefficient (Wildman–Crippen LogP) is 0.949. The maximum Gasteiger partial charge on any atom is 0.414 e. The molecule has 0 amide bonds. The summed E-state index contributed by atoms with van der Waals surface area (Å²) < 4.78 is 11.1. The number of fused-ring (bicyclic) bond motifs is 1. The van der Waals surface area contributed by atoms with Gasteiger partial charge in [-0.2, -0.15) is 0 Å². The van der Waals surface area contributed by atoms with Crippen molar-refractivity contribution in [3.05, 3.63) is 11.6 Å². The molecule has 1 saturated heterocycles. The molecule has 0 saturated carbocycles. The Labute approximate surface area is 140 Å². The quantitative estimate of drug-likeness (QED) is 0.369. The minimum atomic E-state index is -1.82. The van der Waals surface area contributed by atoms with Gasteiger partial charge in [-0.1, -0.05) is 13.8 Å². The van der Waals surface area contributed by atoms with Crippen LogP contribution in [0, 0.1) is 0 Å². The molecule has 136 valence electrons. The third-order valence-corrected chi connectivity index (χ3v) is 3.87. The first kappa shape index (κ1) is 20.1. The Balaban J connectivity index is 0.000000413. The van der Waals surface area contributed by atoms with Gasteiger partial charge in [-0.15, -0.1) is 0 Å². The average Bonchev–Trinajstić information content (AvgIpc) is 3.32. The normalized spacial score (nSPS) is 24.2. The molecule has 0 unspecified atom stereocenters. The van der Waals surface area contributed by atoms with Crippen LogP contribution in [0.25, 0.3) is 0 Å². The van der Waals surface area contributed by atoms with Crippen LogP contribution >= 0.6 is 0 Å². The number of hydrogen-bond donors (Lipinski definition) is 3. The average molecular weight is 343 g/mol. The third-order valence-electron chi connectivity index (χ3n) is 3.87. The van der Waals surface area contributed by atoms with Gasteiger partial charge < -0.3 is 25.0 Å². The lowest BCUT2D eigenvalue weighted by atomic mass is 9.97. The van der Waals surface area contributed by atoms with E-state index in [0.29, 0.717) is 18.7 Å². The Morgan fingerprint density at radius 1 is 1.21 bits per heavy atom. The van der Waals surface area contributed by atoms with E-state index in [1.54, 1.807) is 0 Å². The molecule has 2 aliphatic rings. The molecule has 0 aromatic heterocycles. The highest BCUT2D eigenvalue weighted by Gasteiger charge is 2.47. The van der Waals surface area contributed by atoms with E-state index in [4.69, 9.17) is 29.3 Å². The summed E-state index contributed by atoms with van der Waals surface area (Å²) in [5.41, 5.74) is 0.763. The predicted molar refractivity (Wildman–Crippen MR) is 84.6 cm³/mol. The number of carboxylic acid groups (broad SMARTS) is 2. The van der Waals surface area contributed by atoms with Gasteiger partial charge in [0.25, 0.3) is 0 Å². The van der Waals surface area contributed by atoms with E-state index in [2.05, 4.69) is 19.2 Å². The van der Waals surface area contributed by atoms with Crippen molar-refractivity contribution in [1.29, 1.82) is 0 Å². The van der Waals surface area contributed by atoms with Gasteiger partial charge in [0, 0.05) is 11.6 Å². The van der Waals surface area contributed by atoms with E-state index < -0.39 is 11.9 Å². The monoisotopic (exact) mass is 343 g/mol. The van der Waals surface area contributed by atoms with Gasteiger partial charge in [0.05, 0.1) is 24.9 Å². The molecular formula is C16H25NO7. The highest BCUT2D eigenvalue weighted by Crippen LogP contribution is 2.32. The summed E-state index contributed by atoms with van der Waals surface area (Å²) in [6, 6.07) is 0.789. The molecule has 24 heavy (non-hydrogen) atoms. The molecule has 0 aromatic rings. The van der Waals surface area contributed by atoms with Gasteiger partial charge in [0.2, 0.25) is 0 Å². The van der Waals surface area contributed by atoms with E-state index in [9.17, 15) is 4.79 Å². The molecule has 1 heterocycles. The number of carbonyl (C=O) groups is 3. The van der Waals surface area contributed by atoms with Crippen molar-refractivity contribution in [3.8, 4) is 0 Å². The van der Waals surface area contributed by atoms with Crippen LogP contribution < -0.4 is 5.32 Å². The van der Waals surface area contributed by atoms with Gasteiger partial charge in [-0.05, 0) is 32.3 Å². The Kier molecular flexibility index (Phi) is 7.87. The van der Waals surface area contributed by atoms with Crippen molar-refractivity contribution in [3.63, 3.8) is 0 Å². The first-order valence-electron chi connectivity index (χ1n) is 8.09. The second kappa shape index (κ2) is 9.39. The fraction of sp³-hybridized carbons (Fsp3) is 0.688. The summed E-state index contributed by atoms with van der Waals surface area (Å²) in [6.45, 7) is 6.52. The van der Waals surface area contributed by atoms with Gasteiger partial charge in [-0.3, -0.25) is 0 Å². The first-order valence-corrected chi connectivity index (χ1v) is 8.09. The van der Waals surface area contributed by atoms with Crippen molar-refractivity contribution in [2.75, 3.05) is 6.61 Å². The molecule has 3 atom stereocenters. The van der Waals surface area contributed by atoms with E-state index >= 15 is 0 Å². The number of ether oxygens (including phenoxy) is 2. The van der Waals surface area contributed by atoms with Crippen LogP contribution in [0.5, 0.6) is 0 Å². The van der Waals surface area contributed by atoms with Crippen LogP contribution in [0.15, 0.2) is 11.6 Å². The highest BCUT2D eigenvalue weighted by molar-refractivity contribution is 6.27. The highest BCUT2D eigenvalue weighted by atomic mass is 16.5. The molecule has 1 aliphatic carbocycles. The number of nitrogens with one attached hydrogen (secondary N) is 1. The topological polar surface area (TPSA) is 132 Å². The summed E-state index contributed by atoms with van der Waals surface area (Å²) >= 11 is 0. The van der Waals surface area contributed by atoms with Crippen LogP contribution in [0.4, 0.5) is 0 Å². The van der Waals surface area contributed by atoms with E-state index in [0.717, 1.165) is 24.8 Å². The SMILES string of the molecule is CCOC(=O)C1=C[C@@H](OC(CC)CC)[C@@H]2N[C@@H]2C1.O=C(O)C(=O)O. The zero-order chi connectivity index (χ0) is 18.3. The van der Waals surface area contributed by atoms with Crippen molar-refractivity contribution in [1.82, 2.24) is 5.32 Å². The number of carbonyl (C=O) groups excluding carboxylic acids is 1. The summed E-state index contributed by atoms with van der Waals surface area (Å²) in [7, 11) is 0. The van der Waals surface area contributed by atoms with Crippen molar-refractivity contribution in [2.45, 2.75) is 64.3 Å². The van der Waals surface area contributed by atoms with E-state index in [1.165, 1.54) is 0 Å². The smallest absolute Gasteiger partial charge is 0.414 e. The Bertz CT molecular complexity index is 487. The summed E-state index contributed by atoms with van der Waals surface area (Å²) in [5.74, 6) is -3.84. The van der Waals surface area contributed by atoms with Gasteiger partial charge >= 0.3 is 17.9 Å². The van der Waals surface area contributed by atoms with Crippen LogP contribution in [0.2, 0.25) is 0 Å². The third kappa shape index (κ3) is 5.93. The molecule has 3 N–H and O–H groups in total. The fourth-order valence-electron chi connectivity index (χ4n) is 2.51. The first-order chi connectivity index (χ1) is 11.3. The summed E-state index contributed by atoms with van der Waals surface area (Å²) in [6.07, 6.45) is 5.04. The number of rotatable bonds is 6. The minimum Gasteiger partial charge on any atom is -0.473 e. The van der Waals surface area contributed by atoms with E-state index in [1.807, 2.05) is 13.0 Å². The minimum absolute atomic E-state index is 0.0213. The summed E-state index contributed by atoms with van der Waals surface area (Å²) in [5, 5.41) is 18.2. The second-order valence-electron chi connectivity index (χ2n) is 5.56. The summed E-state index contributed by atoms with van der Waals surface area (Å²) in [4.78, 5) is 30.0. The molecular weight excluding hydrogens is 318 g/mol. The molecule has 1 aliphatic heterocycles. The van der Waals surface area contributed by atoms with Crippen molar-refractivity contribution < 1.29 is 34.1 Å². The van der Waals surface area contributed by atoms with Crippen LogP contribution in [0.3, 0.4) is 0 Å². The Morgan fingerprint density at radius 3 is 2.25 bits per heavy atom. The lowest BCUT2D eigenvalue weighted by molar-refractivity contribution is -0.159. The molecule has 8 heteroatoms. The molecule has 0 bridgehead atoms. The molecule has 8 nitrogen and oxygen atoms in total. The van der Waals surface area contributed by atoms with Gasteiger partial charge in [0.1, 0.15) is 0 Å². The van der Waals surface area contributed by atoms with Gasteiger partial charge in [-0.25, -0.2) is 14.4 Å². The van der Waals surface area contributed by atoms with Crippen LogP contribution in [0.1, 0.15) is 40.0 Å². The molecule has 2 rings (SSSR count). The van der Waals surface area contributed by atoms with Crippen LogP contribution in [-0.4, -0.2) is 59.0 Å². The molecule has 0 radical (unpaired) electrons. The number of carboxylic acids is 2. The number of hydrogen-bond acceptors (Lipinski definition) is 6. The standard InChI is InChI=1S/C14H23NO3.C2H2O4/c1-4-10(5-2)18-12-8-9(14(16)17-6-3)7-11-13(12)15-11;3-1(4)2(5)6/h8,10-13,15H,4-7H2,1-3H3;(H,3,4)(H,5,6)/t11-,12-,13-;/m1./s1. The van der Waals surface area contributed by atoms with E-state index in [-0.39, 0.29) is 18.2 Å². The largest absolute Gasteiger partial charge is 0.473 e. The molecule has 0 spiro atoms. The van der Waals surface area contributed by atoms with Crippen molar-refractivity contribution in [2.24, 2.45) is 0 Å². The zero-order valence-corrected chi connectivity index (χ0v) is 14.2. The molecule has 0 aromatic carbocycles. The van der Waals surface area contributed by atoms with Crippen LogP contribution in [-0.2, 0) is 23.9 Å². The second-order valence-corrected chi connectivity index (χ2v) is 5.56. The molecule has 1 fully saturated rings. The Morgan fingerprint density at radius 2 is 1.79 bits per heavy atom. The zero-order valence-electron chi connectivity index (χ0n) is 14.2. The number of esters is 1. The van der Waals surface area contributed by atoms with Crippen molar-refractivity contribution >= 4 is 17.9 Å². The van der Waals surface area contributed by atoms with Gasteiger partial charge in [0.15, 0.2) is 0 Å². The number of aliphatic carboxylic acids is 2. The fourth-order valence-corrected chi connectivity index (χ4v) is 2.51. The maximum absolute atomic E-state index is 11.8. The Hall–Kier alpha value is -1.93. The lowest BCUT2D eigenvalue weighted by Crippen LogP contribution is -2.30.